The van der Waals surface area contributed by atoms with E-state index in [0.717, 1.165) is 5.56 Å². The summed E-state index contributed by atoms with van der Waals surface area (Å²) in [5.74, 6) is 1.11. The Morgan fingerprint density at radius 1 is 1.04 bits per heavy atom. The van der Waals surface area contributed by atoms with Gasteiger partial charge >= 0.3 is 12.6 Å². The Hall–Kier alpha value is -3.03. The third-order valence-electron chi connectivity index (χ3n) is 3.24. The van der Waals surface area contributed by atoms with Crippen LogP contribution in [0.2, 0.25) is 0 Å². The molecule has 2 aromatic carbocycles. The van der Waals surface area contributed by atoms with E-state index in [2.05, 4.69) is 15.4 Å². The third-order valence-corrected chi connectivity index (χ3v) is 3.24. The average Bonchev–Trinajstić information content (AvgIpc) is 2.60. The van der Waals surface area contributed by atoms with Crippen LogP contribution in [0.1, 0.15) is 5.56 Å². The highest BCUT2D eigenvalue weighted by Gasteiger charge is 2.08. The van der Waals surface area contributed by atoms with Gasteiger partial charge in [-0.3, -0.25) is 0 Å². The highest BCUT2D eigenvalue weighted by molar-refractivity contribution is 5.89. The van der Waals surface area contributed by atoms with Crippen LogP contribution in [0.5, 0.6) is 17.2 Å². The van der Waals surface area contributed by atoms with Crippen LogP contribution < -0.4 is 24.8 Å². The Morgan fingerprint density at radius 2 is 1.72 bits per heavy atom. The van der Waals surface area contributed by atoms with Gasteiger partial charge in [-0.25, -0.2) is 4.79 Å². The van der Waals surface area contributed by atoms with Gasteiger partial charge in [0, 0.05) is 18.3 Å². The highest BCUT2D eigenvalue weighted by atomic mass is 19.3. The first-order valence-electron chi connectivity index (χ1n) is 7.32. The van der Waals surface area contributed by atoms with Crippen molar-refractivity contribution in [1.82, 2.24) is 5.32 Å². The zero-order chi connectivity index (χ0) is 18.2. The summed E-state index contributed by atoms with van der Waals surface area (Å²) in [6, 6.07) is 10.6. The van der Waals surface area contributed by atoms with Crippen molar-refractivity contribution in [2.45, 2.75) is 13.2 Å². The number of hydrogen-bond acceptors (Lipinski definition) is 4. The minimum atomic E-state index is -2.86. The second-order valence-corrected chi connectivity index (χ2v) is 4.90. The zero-order valence-corrected chi connectivity index (χ0v) is 13.7. The summed E-state index contributed by atoms with van der Waals surface area (Å²) in [4.78, 5) is 11.9. The van der Waals surface area contributed by atoms with Crippen molar-refractivity contribution in [3.05, 3.63) is 48.0 Å². The van der Waals surface area contributed by atoms with E-state index in [9.17, 15) is 13.6 Å². The first-order valence-corrected chi connectivity index (χ1v) is 7.32. The molecule has 0 atom stereocenters. The third kappa shape index (κ3) is 5.52. The lowest BCUT2D eigenvalue weighted by Gasteiger charge is -2.11. The molecule has 0 unspecified atom stereocenters. The Morgan fingerprint density at radius 3 is 2.32 bits per heavy atom. The monoisotopic (exact) mass is 352 g/mol. The Labute approximate surface area is 143 Å². The summed E-state index contributed by atoms with van der Waals surface area (Å²) in [7, 11) is 3.03. The van der Waals surface area contributed by atoms with E-state index in [4.69, 9.17) is 9.47 Å². The van der Waals surface area contributed by atoms with Gasteiger partial charge in [0.15, 0.2) is 11.5 Å². The molecule has 0 aliphatic rings. The number of halogens is 2. The topological polar surface area (TPSA) is 68.8 Å². The van der Waals surface area contributed by atoms with Gasteiger partial charge in [-0.15, -0.1) is 0 Å². The first kappa shape index (κ1) is 18.3. The smallest absolute Gasteiger partial charge is 0.387 e. The lowest BCUT2D eigenvalue weighted by molar-refractivity contribution is -0.0498. The van der Waals surface area contributed by atoms with Gasteiger partial charge in [-0.05, 0) is 29.8 Å². The molecule has 2 amide bonds. The predicted molar refractivity (Wildman–Crippen MR) is 88.5 cm³/mol. The van der Waals surface area contributed by atoms with Crippen molar-refractivity contribution in [1.29, 1.82) is 0 Å². The van der Waals surface area contributed by atoms with E-state index >= 15 is 0 Å². The standard InChI is InChI=1S/C17H18F2N2O4/c1-23-14-8-5-12(9-15(14)24-2)21-17(22)20-10-11-3-6-13(7-4-11)25-16(18)19/h3-9,16H,10H2,1-2H3,(H2,20,21,22). The van der Waals surface area contributed by atoms with Gasteiger partial charge < -0.3 is 24.8 Å². The van der Waals surface area contributed by atoms with E-state index < -0.39 is 12.6 Å². The van der Waals surface area contributed by atoms with Gasteiger partial charge in [0.1, 0.15) is 5.75 Å². The van der Waals surface area contributed by atoms with E-state index in [0.29, 0.717) is 17.2 Å². The molecule has 0 fully saturated rings. The molecule has 0 spiro atoms. The molecule has 2 aromatic rings. The van der Waals surface area contributed by atoms with Crippen molar-refractivity contribution in [2.75, 3.05) is 19.5 Å². The number of amides is 2. The van der Waals surface area contributed by atoms with Crippen LogP contribution in [0, 0.1) is 0 Å². The summed E-state index contributed by atoms with van der Waals surface area (Å²) in [5, 5.41) is 5.33. The molecule has 2 rings (SSSR count). The molecule has 6 nitrogen and oxygen atoms in total. The fraction of sp³-hybridized carbons (Fsp3) is 0.235. The molecule has 0 aliphatic carbocycles. The molecule has 0 aromatic heterocycles. The van der Waals surface area contributed by atoms with Crippen molar-refractivity contribution >= 4 is 11.7 Å². The largest absolute Gasteiger partial charge is 0.493 e. The number of carbonyl (C=O) groups is 1. The Bertz CT molecular complexity index is 708. The molecule has 0 radical (unpaired) electrons. The molecule has 0 aliphatic heterocycles. The van der Waals surface area contributed by atoms with Crippen molar-refractivity contribution in [3.63, 3.8) is 0 Å². The number of carbonyl (C=O) groups excluding carboxylic acids is 1. The second-order valence-electron chi connectivity index (χ2n) is 4.90. The second kappa shape index (κ2) is 8.72. The summed E-state index contributed by atoms with van der Waals surface area (Å²) in [5.41, 5.74) is 1.28. The Kier molecular flexibility index (Phi) is 6.39. The molecule has 0 saturated carbocycles. The molecule has 2 N–H and O–H groups in total. The number of benzene rings is 2. The van der Waals surface area contributed by atoms with E-state index in [-0.39, 0.29) is 12.3 Å². The Balaban J connectivity index is 1.88. The number of alkyl halides is 2. The molecule has 25 heavy (non-hydrogen) atoms. The molecule has 0 saturated heterocycles. The molecule has 8 heteroatoms. The highest BCUT2D eigenvalue weighted by Crippen LogP contribution is 2.29. The van der Waals surface area contributed by atoms with Gasteiger partial charge in [-0.1, -0.05) is 12.1 Å². The fourth-order valence-electron chi connectivity index (χ4n) is 2.06. The quantitative estimate of drug-likeness (QED) is 0.798. The number of anilines is 1. The fourth-order valence-corrected chi connectivity index (χ4v) is 2.06. The number of ether oxygens (including phenoxy) is 3. The normalized spacial score (nSPS) is 10.3. The molecular formula is C17H18F2N2O4. The van der Waals surface area contributed by atoms with Crippen molar-refractivity contribution in [2.24, 2.45) is 0 Å². The molecular weight excluding hydrogens is 334 g/mol. The number of urea groups is 1. The predicted octanol–water partition coefficient (Wildman–Crippen LogP) is 3.63. The van der Waals surface area contributed by atoms with Crippen LogP contribution in [0.15, 0.2) is 42.5 Å². The van der Waals surface area contributed by atoms with Crippen LogP contribution >= 0.6 is 0 Å². The van der Waals surface area contributed by atoms with Crippen molar-refractivity contribution in [3.8, 4) is 17.2 Å². The van der Waals surface area contributed by atoms with Gasteiger partial charge in [-0.2, -0.15) is 8.78 Å². The van der Waals surface area contributed by atoms with Crippen LogP contribution in [0.3, 0.4) is 0 Å². The summed E-state index contributed by atoms with van der Waals surface area (Å²) >= 11 is 0. The van der Waals surface area contributed by atoms with Gasteiger partial charge in [0.25, 0.3) is 0 Å². The summed E-state index contributed by atoms with van der Waals surface area (Å²) < 4.78 is 38.7. The minimum absolute atomic E-state index is 0.0635. The maximum Gasteiger partial charge on any atom is 0.387 e. The molecule has 0 heterocycles. The molecule has 134 valence electrons. The van der Waals surface area contributed by atoms with Crippen LogP contribution in [0.4, 0.5) is 19.3 Å². The summed E-state index contributed by atoms with van der Waals surface area (Å²) in [6.07, 6.45) is 0. The van der Waals surface area contributed by atoms with Gasteiger partial charge in [0.05, 0.1) is 14.2 Å². The SMILES string of the molecule is COc1ccc(NC(=O)NCc2ccc(OC(F)F)cc2)cc1OC. The van der Waals surface area contributed by atoms with Crippen LogP contribution in [-0.2, 0) is 6.54 Å². The van der Waals surface area contributed by atoms with Gasteiger partial charge in [0.2, 0.25) is 0 Å². The first-order chi connectivity index (χ1) is 12.0. The van der Waals surface area contributed by atoms with Crippen molar-refractivity contribution < 1.29 is 27.8 Å². The lowest BCUT2D eigenvalue weighted by Crippen LogP contribution is -2.28. The zero-order valence-electron chi connectivity index (χ0n) is 13.7. The lowest BCUT2D eigenvalue weighted by atomic mass is 10.2. The number of methoxy groups -OCH3 is 2. The maximum atomic E-state index is 12.1. The number of nitrogens with one attached hydrogen (secondary N) is 2. The van der Waals surface area contributed by atoms with E-state index in [1.807, 2.05) is 0 Å². The van der Waals surface area contributed by atoms with E-state index in [1.165, 1.54) is 26.4 Å². The van der Waals surface area contributed by atoms with Crippen LogP contribution in [-0.4, -0.2) is 26.9 Å². The molecule has 0 bridgehead atoms. The minimum Gasteiger partial charge on any atom is -0.493 e. The maximum absolute atomic E-state index is 12.1. The van der Waals surface area contributed by atoms with E-state index in [1.54, 1.807) is 30.3 Å². The number of hydrogen-bond donors (Lipinski definition) is 2. The summed E-state index contributed by atoms with van der Waals surface area (Å²) in [6.45, 7) is -2.63. The van der Waals surface area contributed by atoms with Crippen LogP contribution in [0.25, 0.3) is 0 Å². The number of rotatable bonds is 7. The average molecular weight is 352 g/mol.